The molecule has 0 atom stereocenters. The Balaban J connectivity index is 2.68. The summed E-state index contributed by atoms with van der Waals surface area (Å²) in [6.45, 7) is 27.2. The molecule has 2 aromatic rings. The second kappa shape index (κ2) is 8.49. The summed E-state index contributed by atoms with van der Waals surface area (Å²) >= 11 is 0. The Morgan fingerprint density at radius 1 is 0.667 bits per heavy atom. The summed E-state index contributed by atoms with van der Waals surface area (Å²) in [6.07, 6.45) is 0. The van der Waals surface area contributed by atoms with Crippen molar-refractivity contribution in [3.05, 3.63) is 57.6 Å². The highest BCUT2D eigenvalue weighted by Gasteiger charge is 2.30. The number of benzene rings is 2. The molecule has 0 spiro atoms. The number of rotatable bonds is 2. The molecule has 3 heteroatoms. The predicted molar refractivity (Wildman–Crippen MR) is 139 cm³/mol. The van der Waals surface area contributed by atoms with Gasteiger partial charge in [0, 0.05) is 16.7 Å². The van der Waals surface area contributed by atoms with Gasteiger partial charge in [-0.15, -0.1) is 0 Å². The van der Waals surface area contributed by atoms with Gasteiger partial charge >= 0.3 is 5.97 Å². The lowest BCUT2D eigenvalue weighted by molar-refractivity contribution is 0.0730. The molecule has 0 saturated heterocycles. The van der Waals surface area contributed by atoms with Crippen LogP contribution in [0.2, 0.25) is 0 Å². The van der Waals surface area contributed by atoms with Crippen LogP contribution in [0.5, 0.6) is 11.5 Å². The Hall–Kier alpha value is -2.29. The molecule has 0 fully saturated rings. The standard InChI is InChI=1S/C30H44O3/c1-18-14-20(27(2,3)4)17-23(30(11,12)13)25(18)33-26(32)19-15-21(28(5,6)7)24(31)22(16-19)29(8,9)10/h14-17,31H,1-13H3. The average molecular weight is 453 g/mol. The third-order valence-corrected chi connectivity index (χ3v) is 6.11. The molecule has 1 N–H and O–H groups in total. The first-order chi connectivity index (χ1) is 14.6. The number of carbonyl (C=O) groups excluding carboxylic acids is 1. The van der Waals surface area contributed by atoms with Gasteiger partial charge in [0.15, 0.2) is 0 Å². The molecule has 33 heavy (non-hydrogen) atoms. The average Bonchev–Trinajstić information content (AvgIpc) is 2.59. The summed E-state index contributed by atoms with van der Waals surface area (Å²) in [5.41, 5.74) is 4.31. The Kier molecular flexibility index (Phi) is 6.93. The number of esters is 1. The molecule has 0 amide bonds. The van der Waals surface area contributed by atoms with E-state index in [1.807, 2.05) is 48.5 Å². The van der Waals surface area contributed by atoms with Crippen molar-refractivity contribution in [3.8, 4) is 11.5 Å². The number of hydrogen-bond acceptors (Lipinski definition) is 3. The Bertz CT molecular complexity index is 1010. The zero-order valence-corrected chi connectivity index (χ0v) is 23.1. The fraction of sp³-hybridized carbons (Fsp3) is 0.567. The quantitative estimate of drug-likeness (QED) is 0.370. The molecule has 0 radical (unpaired) electrons. The topological polar surface area (TPSA) is 46.5 Å². The number of hydrogen-bond donors (Lipinski definition) is 1. The maximum absolute atomic E-state index is 13.5. The zero-order chi connectivity index (χ0) is 25.7. The van der Waals surface area contributed by atoms with Crippen molar-refractivity contribution in [2.24, 2.45) is 0 Å². The highest BCUT2D eigenvalue weighted by Crippen LogP contribution is 2.41. The highest BCUT2D eigenvalue weighted by atomic mass is 16.5. The normalized spacial score (nSPS) is 13.2. The van der Waals surface area contributed by atoms with E-state index in [0.717, 1.165) is 22.3 Å². The van der Waals surface area contributed by atoms with Gasteiger partial charge in [0.05, 0.1) is 5.56 Å². The summed E-state index contributed by atoms with van der Waals surface area (Å²) in [5.74, 6) is 0.485. The molecule has 0 aliphatic carbocycles. The first kappa shape index (κ1) is 27.0. The van der Waals surface area contributed by atoms with Crippen LogP contribution in [0.15, 0.2) is 24.3 Å². The van der Waals surface area contributed by atoms with Gasteiger partial charge in [-0.25, -0.2) is 4.79 Å². The minimum absolute atomic E-state index is 0.00647. The molecular formula is C30H44O3. The predicted octanol–water partition coefficient (Wildman–Crippen LogP) is 8.11. The minimum atomic E-state index is -0.400. The van der Waals surface area contributed by atoms with Gasteiger partial charge < -0.3 is 9.84 Å². The van der Waals surface area contributed by atoms with Crippen LogP contribution in [0, 0.1) is 6.92 Å². The molecule has 0 aliphatic heterocycles. The molecular weight excluding hydrogens is 408 g/mol. The summed E-state index contributed by atoms with van der Waals surface area (Å²) in [7, 11) is 0. The number of aromatic hydroxyl groups is 1. The summed E-state index contributed by atoms with van der Waals surface area (Å²) in [5, 5.41) is 11.0. The second-order valence-electron chi connectivity index (χ2n) is 13.5. The number of phenols is 1. The number of aryl methyl sites for hydroxylation is 1. The number of ether oxygens (including phenoxy) is 1. The van der Waals surface area contributed by atoms with Crippen molar-refractivity contribution >= 4 is 5.97 Å². The lowest BCUT2D eigenvalue weighted by Crippen LogP contribution is -2.22. The van der Waals surface area contributed by atoms with E-state index in [1.54, 1.807) is 12.1 Å². The fourth-order valence-corrected chi connectivity index (χ4v) is 3.95. The number of carbonyl (C=O) groups is 1. The molecule has 0 heterocycles. The van der Waals surface area contributed by atoms with E-state index >= 15 is 0 Å². The van der Waals surface area contributed by atoms with Crippen molar-refractivity contribution in [1.82, 2.24) is 0 Å². The molecule has 0 unspecified atom stereocenters. The fourth-order valence-electron chi connectivity index (χ4n) is 3.95. The van der Waals surface area contributed by atoms with Crippen molar-refractivity contribution in [2.75, 3.05) is 0 Å². The summed E-state index contributed by atoms with van der Waals surface area (Å²) < 4.78 is 6.11. The molecule has 2 rings (SSSR count). The van der Waals surface area contributed by atoms with Crippen molar-refractivity contribution < 1.29 is 14.6 Å². The van der Waals surface area contributed by atoms with Crippen LogP contribution in [0.1, 0.15) is 121 Å². The molecule has 3 nitrogen and oxygen atoms in total. The first-order valence-corrected chi connectivity index (χ1v) is 11.9. The van der Waals surface area contributed by atoms with E-state index in [1.165, 1.54) is 5.56 Å². The minimum Gasteiger partial charge on any atom is -0.507 e. The van der Waals surface area contributed by atoms with Gasteiger partial charge in [-0.2, -0.15) is 0 Å². The van der Waals surface area contributed by atoms with Gasteiger partial charge in [0.25, 0.3) is 0 Å². The SMILES string of the molecule is Cc1cc(C(C)(C)C)cc(C(C)(C)C)c1OC(=O)c1cc(C(C)(C)C)c(O)c(C(C)(C)C)c1. The maximum Gasteiger partial charge on any atom is 0.343 e. The second-order valence-corrected chi connectivity index (χ2v) is 13.5. The number of phenolic OH excluding ortho intramolecular Hbond substituents is 1. The summed E-state index contributed by atoms with van der Waals surface area (Å²) in [4.78, 5) is 13.5. The zero-order valence-electron chi connectivity index (χ0n) is 23.1. The smallest absolute Gasteiger partial charge is 0.343 e. The van der Waals surface area contributed by atoms with Crippen molar-refractivity contribution in [2.45, 2.75) is 112 Å². The van der Waals surface area contributed by atoms with Gasteiger partial charge in [0.2, 0.25) is 0 Å². The molecule has 0 bridgehead atoms. The van der Waals surface area contributed by atoms with Gasteiger partial charge in [-0.05, 0) is 51.8 Å². The van der Waals surface area contributed by atoms with Crippen LogP contribution < -0.4 is 4.74 Å². The van der Waals surface area contributed by atoms with E-state index in [2.05, 4.69) is 53.7 Å². The maximum atomic E-state index is 13.5. The molecule has 0 aromatic heterocycles. The lowest BCUT2D eigenvalue weighted by atomic mass is 9.78. The van der Waals surface area contributed by atoms with E-state index in [0.29, 0.717) is 11.3 Å². The molecule has 182 valence electrons. The highest BCUT2D eigenvalue weighted by molar-refractivity contribution is 5.92. The molecule has 2 aromatic carbocycles. The van der Waals surface area contributed by atoms with Crippen LogP contribution in [-0.4, -0.2) is 11.1 Å². The van der Waals surface area contributed by atoms with Crippen LogP contribution in [0.3, 0.4) is 0 Å². The van der Waals surface area contributed by atoms with Crippen LogP contribution in [-0.2, 0) is 21.7 Å². The van der Waals surface area contributed by atoms with E-state index in [9.17, 15) is 9.90 Å². The molecule has 0 saturated carbocycles. The Labute approximate surface area is 201 Å². The monoisotopic (exact) mass is 452 g/mol. The van der Waals surface area contributed by atoms with Gasteiger partial charge in [0.1, 0.15) is 11.5 Å². The Morgan fingerprint density at radius 2 is 1.09 bits per heavy atom. The van der Waals surface area contributed by atoms with Crippen molar-refractivity contribution in [1.29, 1.82) is 0 Å². The molecule has 0 aliphatic rings. The van der Waals surface area contributed by atoms with E-state index < -0.39 is 5.97 Å². The van der Waals surface area contributed by atoms with E-state index in [4.69, 9.17) is 4.74 Å². The first-order valence-electron chi connectivity index (χ1n) is 11.9. The third-order valence-electron chi connectivity index (χ3n) is 6.11. The van der Waals surface area contributed by atoms with Crippen LogP contribution in [0.25, 0.3) is 0 Å². The van der Waals surface area contributed by atoms with Crippen LogP contribution in [0.4, 0.5) is 0 Å². The Morgan fingerprint density at radius 3 is 1.45 bits per heavy atom. The van der Waals surface area contributed by atoms with Gasteiger partial charge in [-0.1, -0.05) is 95.2 Å². The van der Waals surface area contributed by atoms with Crippen LogP contribution >= 0.6 is 0 Å². The third kappa shape index (κ3) is 5.99. The van der Waals surface area contributed by atoms with Gasteiger partial charge in [-0.3, -0.25) is 0 Å². The van der Waals surface area contributed by atoms with E-state index in [-0.39, 0.29) is 27.4 Å². The largest absolute Gasteiger partial charge is 0.507 e. The van der Waals surface area contributed by atoms with Crippen molar-refractivity contribution in [3.63, 3.8) is 0 Å². The summed E-state index contributed by atoms with van der Waals surface area (Å²) in [6, 6.07) is 7.86. The lowest BCUT2D eigenvalue weighted by Gasteiger charge is -2.29.